The molecule has 0 bridgehead atoms. The zero-order valence-electron chi connectivity index (χ0n) is 10.2. The lowest BCUT2D eigenvalue weighted by atomic mass is 9.88. The molecule has 0 aromatic heterocycles. The highest BCUT2D eigenvalue weighted by Crippen LogP contribution is 2.24. The van der Waals surface area contributed by atoms with Gasteiger partial charge in [-0.1, -0.05) is 60.7 Å². The molecule has 2 aromatic carbocycles. The summed E-state index contributed by atoms with van der Waals surface area (Å²) in [6.07, 6.45) is 11.2. The minimum absolute atomic E-state index is 1.05. The van der Waals surface area contributed by atoms with Crippen LogP contribution in [0.1, 0.15) is 11.1 Å². The molecule has 0 radical (unpaired) electrons. The van der Waals surface area contributed by atoms with Gasteiger partial charge in [0.2, 0.25) is 0 Å². The van der Waals surface area contributed by atoms with Crippen molar-refractivity contribution in [3.8, 4) is 11.1 Å². The maximum atomic E-state index is 2.38. The number of allylic oxidation sites excluding steroid dienone is 2. The van der Waals surface area contributed by atoms with Crippen LogP contribution in [0.3, 0.4) is 0 Å². The van der Waals surface area contributed by atoms with Gasteiger partial charge < -0.3 is 0 Å². The van der Waals surface area contributed by atoms with E-state index in [0.717, 1.165) is 12.8 Å². The van der Waals surface area contributed by atoms with Gasteiger partial charge in [-0.05, 0) is 45.5 Å². The normalized spacial score (nSPS) is 14.9. The minimum Gasteiger partial charge on any atom is -0.0801 e. The molecule has 2 aliphatic carbocycles. The Morgan fingerprint density at radius 2 is 1.67 bits per heavy atom. The van der Waals surface area contributed by atoms with Crippen molar-refractivity contribution >= 4 is 12.2 Å². The molecule has 0 fully saturated rings. The first-order valence-electron chi connectivity index (χ1n) is 6.51. The second-order valence-corrected chi connectivity index (χ2v) is 4.96. The Labute approximate surface area is 107 Å². The van der Waals surface area contributed by atoms with Crippen molar-refractivity contribution in [3.05, 3.63) is 70.1 Å². The van der Waals surface area contributed by atoms with Gasteiger partial charge in [0.1, 0.15) is 0 Å². The molecule has 0 spiro atoms. The molecule has 0 aliphatic heterocycles. The molecule has 18 heavy (non-hydrogen) atoms. The number of hydrogen-bond acceptors (Lipinski definition) is 0. The molecule has 0 atom stereocenters. The summed E-state index contributed by atoms with van der Waals surface area (Å²) >= 11 is 0. The molecular formula is C18H14. The largest absolute Gasteiger partial charge is 0.0801 e. The average molecular weight is 230 g/mol. The Kier molecular flexibility index (Phi) is 2.04. The molecule has 0 saturated heterocycles. The van der Waals surface area contributed by atoms with Crippen molar-refractivity contribution in [3.63, 3.8) is 0 Å². The summed E-state index contributed by atoms with van der Waals surface area (Å²) in [7, 11) is 0. The van der Waals surface area contributed by atoms with Crippen molar-refractivity contribution < 1.29 is 0 Å². The highest BCUT2D eigenvalue weighted by molar-refractivity contribution is 5.74. The van der Waals surface area contributed by atoms with Crippen molar-refractivity contribution in [1.29, 1.82) is 0 Å². The molecule has 0 N–H and O–H groups in total. The smallest absolute Gasteiger partial charge is 0.00818 e. The van der Waals surface area contributed by atoms with Crippen LogP contribution in [0.4, 0.5) is 0 Å². The standard InChI is InChI=1S/C18H14/c1-3-7-15-13(5-1)9-11-18-16-8-4-2-6-14(16)10-12-17(15)18/h1-5,7-8,10-12H,6,9H2. The van der Waals surface area contributed by atoms with E-state index >= 15 is 0 Å². The number of hydrogen-bond donors (Lipinski definition) is 0. The van der Waals surface area contributed by atoms with Crippen LogP contribution in [0.2, 0.25) is 0 Å². The number of benzene rings is 2. The molecular weight excluding hydrogens is 216 g/mol. The molecule has 0 nitrogen and oxygen atoms in total. The molecule has 0 heterocycles. The fourth-order valence-electron chi connectivity index (χ4n) is 3.04. The minimum atomic E-state index is 1.05. The summed E-state index contributed by atoms with van der Waals surface area (Å²) in [5, 5.41) is 2.85. The predicted molar refractivity (Wildman–Crippen MR) is 76.6 cm³/mol. The highest BCUT2D eigenvalue weighted by Gasteiger charge is 2.12. The van der Waals surface area contributed by atoms with E-state index in [9.17, 15) is 0 Å². The van der Waals surface area contributed by atoms with Crippen molar-refractivity contribution in [2.24, 2.45) is 0 Å². The number of rotatable bonds is 0. The Morgan fingerprint density at radius 3 is 2.67 bits per heavy atom. The monoisotopic (exact) mass is 230 g/mol. The first-order valence-corrected chi connectivity index (χ1v) is 6.51. The predicted octanol–water partition coefficient (Wildman–Crippen LogP) is 2.58. The molecule has 2 aliphatic rings. The summed E-state index contributed by atoms with van der Waals surface area (Å²) in [6, 6.07) is 13.3. The molecule has 86 valence electrons. The van der Waals surface area contributed by atoms with E-state index in [1.165, 1.54) is 32.7 Å². The first-order chi connectivity index (χ1) is 8.93. The van der Waals surface area contributed by atoms with E-state index in [0.29, 0.717) is 0 Å². The summed E-state index contributed by atoms with van der Waals surface area (Å²) in [5.74, 6) is 0. The fourth-order valence-corrected chi connectivity index (χ4v) is 3.04. The van der Waals surface area contributed by atoms with Crippen LogP contribution in [-0.4, -0.2) is 0 Å². The molecule has 2 aromatic rings. The van der Waals surface area contributed by atoms with Gasteiger partial charge in [0.25, 0.3) is 0 Å². The topological polar surface area (TPSA) is 0 Å². The van der Waals surface area contributed by atoms with Gasteiger partial charge in [0.15, 0.2) is 0 Å². The Balaban J connectivity index is 2.12. The lowest BCUT2D eigenvalue weighted by molar-refractivity contribution is 1.19. The lowest BCUT2D eigenvalue weighted by Crippen LogP contribution is -2.33. The molecule has 4 rings (SSSR count). The quantitative estimate of drug-likeness (QED) is 0.652. The van der Waals surface area contributed by atoms with Crippen molar-refractivity contribution in [2.75, 3.05) is 0 Å². The third-order valence-corrected chi connectivity index (χ3v) is 3.95. The van der Waals surface area contributed by atoms with E-state index in [4.69, 9.17) is 0 Å². The van der Waals surface area contributed by atoms with E-state index in [2.05, 4.69) is 60.7 Å². The Morgan fingerprint density at radius 1 is 0.722 bits per heavy atom. The maximum Gasteiger partial charge on any atom is -0.00818 e. The highest BCUT2D eigenvalue weighted by atomic mass is 14.2. The molecule has 0 saturated carbocycles. The zero-order valence-corrected chi connectivity index (χ0v) is 10.2. The van der Waals surface area contributed by atoms with E-state index in [1.807, 2.05) is 0 Å². The zero-order chi connectivity index (χ0) is 11.9. The van der Waals surface area contributed by atoms with Crippen LogP contribution >= 0.6 is 0 Å². The van der Waals surface area contributed by atoms with Gasteiger partial charge in [-0.2, -0.15) is 0 Å². The Bertz CT molecular complexity index is 776. The van der Waals surface area contributed by atoms with Crippen LogP contribution in [0.5, 0.6) is 0 Å². The second kappa shape index (κ2) is 3.71. The van der Waals surface area contributed by atoms with E-state index < -0.39 is 0 Å². The second-order valence-electron chi connectivity index (χ2n) is 4.96. The summed E-state index contributed by atoms with van der Waals surface area (Å²) in [4.78, 5) is 0. The average Bonchev–Trinajstić information content (AvgIpc) is 2.46. The van der Waals surface area contributed by atoms with Crippen LogP contribution in [-0.2, 0) is 12.8 Å². The van der Waals surface area contributed by atoms with Crippen LogP contribution < -0.4 is 10.4 Å². The van der Waals surface area contributed by atoms with Crippen molar-refractivity contribution in [1.82, 2.24) is 0 Å². The summed E-state index contributed by atoms with van der Waals surface area (Å²) in [5.41, 5.74) is 5.69. The van der Waals surface area contributed by atoms with Gasteiger partial charge in [-0.25, -0.2) is 0 Å². The third kappa shape index (κ3) is 1.32. The van der Waals surface area contributed by atoms with Crippen molar-refractivity contribution in [2.45, 2.75) is 12.8 Å². The van der Waals surface area contributed by atoms with Gasteiger partial charge >= 0.3 is 0 Å². The molecule has 0 unspecified atom stereocenters. The van der Waals surface area contributed by atoms with Gasteiger partial charge in [0, 0.05) is 0 Å². The SMILES string of the molecule is C1=CCc2ccc3c(c2=C1)=CCc1ccccc1-3. The summed E-state index contributed by atoms with van der Waals surface area (Å²) < 4.78 is 0. The van der Waals surface area contributed by atoms with Crippen LogP contribution in [0.25, 0.3) is 23.3 Å². The molecule has 0 amide bonds. The first kappa shape index (κ1) is 9.90. The molecule has 0 heteroatoms. The van der Waals surface area contributed by atoms with Gasteiger partial charge in [-0.3, -0.25) is 0 Å². The fraction of sp³-hybridized carbons (Fsp3) is 0.111. The number of fused-ring (bicyclic) bond motifs is 5. The third-order valence-electron chi connectivity index (χ3n) is 3.95. The van der Waals surface area contributed by atoms with E-state index in [-0.39, 0.29) is 0 Å². The van der Waals surface area contributed by atoms with Crippen LogP contribution in [0.15, 0.2) is 48.6 Å². The van der Waals surface area contributed by atoms with Crippen LogP contribution in [0, 0.1) is 0 Å². The Hall–Kier alpha value is -2.08. The van der Waals surface area contributed by atoms with Gasteiger partial charge in [-0.15, -0.1) is 0 Å². The van der Waals surface area contributed by atoms with Gasteiger partial charge in [0.05, 0.1) is 0 Å². The van der Waals surface area contributed by atoms with E-state index in [1.54, 1.807) is 0 Å². The maximum absolute atomic E-state index is 2.38. The summed E-state index contributed by atoms with van der Waals surface area (Å²) in [6.45, 7) is 0. The lowest BCUT2D eigenvalue weighted by Gasteiger charge is -2.16.